The van der Waals surface area contributed by atoms with Crippen molar-refractivity contribution in [3.8, 4) is 0 Å². The standard InChI is InChI=1S/C42H70O35.C36H60O30/c43-1-8-29-15(50)22(57)36(64-8)72-30-9(2-44)66-38(24(59)17(30)52)74-32-11(4-46)68-40(26(61)19(32)54)76-34-13(6-48)70-42(28(63)21(34)56)77-35-14(7-49)69-41(27(62)20(35)55)75-33-12(5-47)67-39(25(60)18(33)53)73-31-10(3-45)65-37(71-29)23(58)16(31)51;37-1-7-25-13(43)19(49)31(55-7)62-26-8(2-38)57-33(21(51)15(26)45)64-28-10(4-40)59-35(23(53)17(28)47)66-30-12(6-42)60-36(24(54)18(30)48)65-29-11(5-41)58-34(22(52)16(29)46)63-27-9(3-39)56-32(61-25)20(50)14(27)44/h8-63H,1-7H2;7-54H,1-6H2/t8-,9-,10-,11-,12-,13-,14-,15-,16-,17-,18-,19-,20-,21-,22-,23-,24-,25-,26-,27-,28-,29-,30-,31?,32?,33-,34-,35?,36?,37?,38?,39?,40?,41?,42?;7-,8-,9-,10-,11-,12-,13-,14-,15-,16-,17-,18-,19-,20-,21-,22-,23-,24-,25-,26-,27-,28?,29?,30?,31?,32?,33?,34?,35?,36?/m11/s1. The highest BCUT2D eigenvalue weighted by atomic mass is 16.8. The molecule has 0 aliphatic carbocycles. The monoisotopic (exact) mass is 2110 g/mol. The van der Waals surface area contributed by atoms with Crippen LogP contribution in [0.1, 0.15) is 0 Å². The molecule has 143 heavy (non-hydrogen) atoms. The summed E-state index contributed by atoms with van der Waals surface area (Å²) in [5.74, 6) is 0. The van der Waals surface area contributed by atoms with E-state index in [1.54, 1.807) is 0 Å². The van der Waals surface area contributed by atoms with Crippen LogP contribution in [0.4, 0.5) is 0 Å². The summed E-state index contributed by atoms with van der Waals surface area (Å²) >= 11 is 0. The zero-order chi connectivity index (χ0) is 104. The van der Waals surface area contributed by atoms with Gasteiger partial charge in [0.1, 0.15) is 317 Å². The highest BCUT2D eigenvalue weighted by molar-refractivity contribution is 5.07. The molecule has 0 saturated carbocycles. The molecule has 832 valence electrons. The van der Waals surface area contributed by atoms with Gasteiger partial charge in [0.25, 0.3) is 0 Å². The van der Waals surface area contributed by atoms with E-state index < -0.39 is 485 Å². The molecule has 43 rings (SSSR count). The first-order valence-corrected chi connectivity index (χ1v) is 45.7. The highest BCUT2D eigenvalue weighted by Gasteiger charge is 2.65. The van der Waals surface area contributed by atoms with Gasteiger partial charge in [0, 0.05) is 0 Å². The smallest absolute Gasteiger partial charge is 0.187 e. The van der Waals surface area contributed by atoms with Crippen molar-refractivity contribution < 1.29 is 322 Å². The van der Waals surface area contributed by atoms with Gasteiger partial charge in [-0.3, -0.25) is 0 Å². The Labute approximate surface area is 805 Å². The molecule has 39 N–H and O–H groups in total. The zero-order valence-electron chi connectivity index (χ0n) is 74.8. The third-order valence-corrected chi connectivity index (χ3v) is 27.5. The normalized spacial score (nSPS) is 55.4. The van der Waals surface area contributed by atoms with Crippen molar-refractivity contribution in [3.63, 3.8) is 0 Å². The van der Waals surface area contributed by atoms with Crippen LogP contribution in [0.2, 0.25) is 0 Å². The van der Waals surface area contributed by atoms with Crippen molar-refractivity contribution in [1.29, 1.82) is 0 Å². The highest BCUT2D eigenvalue weighted by Crippen LogP contribution is 2.44. The molecule has 0 radical (unpaired) electrons. The molecule has 43 saturated heterocycles. The van der Waals surface area contributed by atoms with Gasteiger partial charge in [0.2, 0.25) is 0 Å². The lowest BCUT2D eigenvalue weighted by Gasteiger charge is -2.50. The van der Waals surface area contributed by atoms with Crippen molar-refractivity contribution >= 4 is 0 Å². The van der Waals surface area contributed by atoms with Gasteiger partial charge in [-0.15, -0.1) is 0 Å². The van der Waals surface area contributed by atoms with Gasteiger partial charge in [-0.05, 0) is 0 Å². The number of aliphatic hydroxyl groups is 39. The molecule has 43 aliphatic heterocycles. The SMILES string of the molecule is OC[C@H]1OC2OC3[C@@H](CO)OC(OC4[C@@H](CO)OC(O[C@H]5[C@H](O)[C@@H](O)C(O[C@H]6[C@H](O)[C@@H](O)C(O[C@H]7[C@H](O)[C@@H](O)C(OC1[C@H](O)[C@H]2O)O[C@@H]7CO)O[C@@H]6CO)O[C@@H]5CO)[C@H](O)[C@H]4O)[C@H](O)[C@H]3O.OC[C@H]1OC2O[C@H]3[C@H](O)[C@@H](O)C(OC4[C@@H](CO)OC(O[C@H]5[C@H](O)[C@@H](O)C(OC6[C@@H](CO)OC(O[C@H]7[C@H](O)[C@@H](O)C(O[C@H]8[C@H](O)[C@@H](O)C(OC1[C@H](O)[C@H]2O)O[C@@H]8CO)O[C@@H]7CO)[C@H](O)[C@H]6O)O[C@@H]5CO)[C@H](O)[C@H]4O)O[C@@H]3CO. The van der Waals surface area contributed by atoms with Gasteiger partial charge < -0.3 is 322 Å². The maximum absolute atomic E-state index is 11.3. The maximum Gasteiger partial charge on any atom is 0.187 e. The molecule has 19 unspecified atom stereocenters. The summed E-state index contributed by atoms with van der Waals surface area (Å²) in [7, 11) is 0. The van der Waals surface area contributed by atoms with E-state index in [2.05, 4.69) is 0 Å². The van der Waals surface area contributed by atoms with E-state index in [9.17, 15) is 199 Å². The van der Waals surface area contributed by atoms with Crippen LogP contribution in [0.5, 0.6) is 0 Å². The van der Waals surface area contributed by atoms with Gasteiger partial charge in [0.15, 0.2) is 81.8 Å². The summed E-state index contributed by atoms with van der Waals surface area (Å²) in [5.41, 5.74) is 0. The summed E-state index contributed by atoms with van der Waals surface area (Å²) in [5, 5.41) is 426. The van der Waals surface area contributed by atoms with Gasteiger partial charge >= 0.3 is 0 Å². The van der Waals surface area contributed by atoms with Crippen LogP contribution in [0.25, 0.3) is 0 Å². The molecule has 0 aromatic carbocycles. The third-order valence-electron chi connectivity index (χ3n) is 27.5. The molecule has 43 aliphatic rings. The Bertz CT molecular complexity index is 3170. The fourth-order valence-electron chi connectivity index (χ4n) is 19.3. The summed E-state index contributed by atoms with van der Waals surface area (Å²) < 4.78 is 147. The minimum atomic E-state index is -2.21. The molecule has 65 heteroatoms. The van der Waals surface area contributed by atoms with E-state index in [4.69, 9.17) is 123 Å². The zero-order valence-corrected chi connectivity index (χ0v) is 74.8. The summed E-state index contributed by atoms with van der Waals surface area (Å²) in [6, 6.07) is 0. The van der Waals surface area contributed by atoms with Crippen LogP contribution in [0, 0.1) is 0 Å². The Morgan fingerprint density at radius 2 is 0.140 bits per heavy atom. The van der Waals surface area contributed by atoms with Gasteiger partial charge in [-0.25, -0.2) is 0 Å². The fourth-order valence-corrected chi connectivity index (χ4v) is 19.3. The summed E-state index contributed by atoms with van der Waals surface area (Å²) in [4.78, 5) is 0. The summed E-state index contributed by atoms with van der Waals surface area (Å²) in [6.07, 6.45) is -129. The van der Waals surface area contributed by atoms with Gasteiger partial charge in [-0.2, -0.15) is 0 Å². The number of hydrogen-bond donors (Lipinski definition) is 39. The molecule has 0 spiro atoms. The second-order valence-corrected chi connectivity index (χ2v) is 36.5. The van der Waals surface area contributed by atoms with Crippen LogP contribution >= 0.6 is 0 Å². The van der Waals surface area contributed by atoms with Crippen molar-refractivity contribution in [3.05, 3.63) is 0 Å². The van der Waals surface area contributed by atoms with E-state index in [1.165, 1.54) is 0 Å². The average molecular weight is 2110 g/mol. The molecule has 0 aromatic rings. The molecule has 0 amide bonds. The summed E-state index contributed by atoms with van der Waals surface area (Å²) in [6.45, 7) is -13.3. The van der Waals surface area contributed by atoms with E-state index >= 15 is 0 Å². The molecule has 26 bridgehead atoms. The largest absolute Gasteiger partial charge is 0.394 e. The first-order valence-electron chi connectivity index (χ1n) is 45.7. The van der Waals surface area contributed by atoms with Crippen molar-refractivity contribution in [2.45, 2.75) is 399 Å². The Balaban J connectivity index is 0.000000230. The lowest BCUT2D eigenvalue weighted by Crippen LogP contribution is -2.69. The molecule has 65 atom stereocenters. The van der Waals surface area contributed by atoms with Crippen LogP contribution in [0.3, 0.4) is 0 Å². The first kappa shape index (κ1) is 116. The van der Waals surface area contributed by atoms with Crippen LogP contribution in [0.15, 0.2) is 0 Å². The Morgan fingerprint density at radius 1 is 0.0839 bits per heavy atom. The molecule has 65 nitrogen and oxygen atoms in total. The average Bonchev–Trinajstić information content (AvgIpc) is 0.944. The van der Waals surface area contributed by atoms with Crippen molar-refractivity contribution in [2.75, 3.05) is 85.9 Å². The molecule has 43 heterocycles. The predicted octanol–water partition coefficient (Wildman–Crippen LogP) is -28.3. The van der Waals surface area contributed by atoms with Gasteiger partial charge in [-0.1, -0.05) is 0 Å². The molecular weight excluding hydrogens is 1980 g/mol. The topological polar surface area (TPSA) is 1030 Å². The molecule has 0 aromatic heterocycles. The lowest BCUT2D eigenvalue weighted by molar-refractivity contribution is -0.404. The van der Waals surface area contributed by atoms with Gasteiger partial charge in [0.05, 0.1) is 85.9 Å². The van der Waals surface area contributed by atoms with Crippen LogP contribution in [-0.2, 0) is 123 Å². The minimum absolute atomic E-state index is 0.999. The quantitative estimate of drug-likeness (QED) is 0.0814. The number of hydrogen-bond acceptors (Lipinski definition) is 65. The molecular formula is C78H130O65. The molecule has 43 fully saturated rings. The number of ether oxygens (including phenoxy) is 26. The van der Waals surface area contributed by atoms with Crippen LogP contribution < -0.4 is 0 Å². The van der Waals surface area contributed by atoms with Crippen molar-refractivity contribution in [1.82, 2.24) is 0 Å². The van der Waals surface area contributed by atoms with E-state index in [0.29, 0.717) is 0 Å². The Kier molecular flexibility index (Phi) is 40.4. The van der Waals surface area contributed by atoms with E-state index in [0.717, 1.165) is 0 Å². The number of aliphatic hydroxyl groups excluding tert-OH is 39. The van der Waals surface area contributed by atoms with Crippen LogP contribution in [-0.4, -0.2) is 684 Å². The fraction of sp³-hybridized carbons (Fsp3) is 1.00. The minimum Gasteiger partial charge on any atom is -0.394 e. The second-order valence-electron chi connectivity index (χ2n) is 36.5. The Hall–Kier alpha value is -2.60. The van der Waals surface area contributed by atoms with E-state index in [1.807, 2.05) is 0 Å². The third kappa shape index (κ3) is 23.4. The predicted molar refractivity (Wildman–Crippen MR) is 424 cm³/mol. The Morgan fingerprint density at radius 3 is 0.189 bits per heavy atom. The maximum atomic E-state index is 11.3. The first-order chi connectivity index (χ1) is 68.1. The second kappa shape index (κ2) is 49.9. The van der Waals surface area contributed by atoms with Crippen molar-refractivity contribution in [2.24, 2.45) is 0 Å². The lowest BCUT2D eigenvalue weighted by atomic mass is 9.94. The van der Waals surface area contributed by atoms with E-state index in [-0.39, 0.29) is 0 Å². The number of rotatable bonds is 13.